The second-order valence-corrected chi connectivity index (χ2v) is 7.81. The Bertz CT molecular complexity index is 1010. The Morgan fingerprint density at radius 1 is 1.13 bits per heavy atom. The van der Waals surface area contributed by atoms with Gasteiger partial charge in [0.15, 0.2) is 0 Å². The summed E-state index contributed by atoms with van der Waals surface area (Å²) >= 11 is 0. The molecule has 2 heterocycles. The van der Waals surface area contributed by atoms with Crippen molar-refractivity contribution in [2.75, 3.05) is 31.6 Å². The number of hydrogen-bond acceptors (Lipinski definition) is 5. The number of nitrogens with one attached hydrogen (secondary N) is 1. The van der Waals surface area contributed by atoms with Gasteiger partial charge < -0.3 is 15.0 Å². The van der Waals surface area contributed by atoms with Gasteiger partial charge in [0, 0.05) is 31.3 Å². The maximum Gasteiger partial charge on any atom is 0.224 e. The Hall–Kier alpha value is -3.41. The van der Waals surface area contributed by atoms with Gasteiger partial charge in [-0.1, -0.05) is 42.5 Å². The summed E-state index contributed by atoms with van der Waals surface area (Å²) in [5.41, 5.74) is 3.12. The third-order valence-corrected chi connectivity index (χ3v) is 5.69. The number of carbonyl (C=O) groups excluding carboxylic acids is 1. The predicted octanol–water partition coefficient (Wildman–Crippen LogP) is 3.73. The second-order valence-electron chi connectivity index (χ2n) is 7.81. The standard InChI is InChI=1S/C25H28N4O2/c1-31-22-11-5-7-19(15-22)12-13-26-25(30)21-10-6-14-29(17-21)24-16-23(27-18-28-24)20-8-3-2-4-9-20/h2-5,7-9,11,15-16,18,21H,6,10,12-14,17H2,1H3,(H,26,30). The number of piperidine rings is 1. The van der Waals surface area contributed by atoms with Crippen LogP contribution in [-0.2, 0) is 11.2 Å². The molecular formula is C25H28N4O2. The van der Waals surface area contributed by atoms with Gasteiger partial charge >= 0.3 is 0 Å². The minimum Gasteiger partial charge on any atom is -0.497 e. The van der Waals surface area contributed by atoms with E-state index in [2.05, 4.69) is 26.3 Å². The Labute approximate surface area is 183 Å². The summed E-state index contributed by atoms with van der Waals surface area (Å²) in [6.45, 7) is 2.20. The highest BCUT2D eigenvalue weighted by molar-refractivity contribution is 5.79. The maximum atomic E-state index is 12.8. The fraction of sp³-hybridized carbons (Fsp3) is 0.320. The zero-order chi connectivity index (χ0) is 21.5. The van der Waals surface area contributed by atoms with Crippen LogP contribution in [-0.4, -0.2) is 42.6 Å². The number of nitrogens with zero attached hydrogens (tertiary/aromatic N) is 3. The molecule has 160 valence electrons. The lowest BCUT2D eigenvalue weighted by Crippen LogP contribution is -2.43. The first-order valence-corrected chi connectivity index (χ1v) is 10.8. The number of ether oxygens (including phenoxy) is 1. The van der Waals surface area contributed by atoms with Crippen LogP contribution in [0, 0.1) is 5.92 Å². The molecule has 1 fully saturated rings. The molecule has 4 rings (SSSR count). The monoisotopic (exact) mass is 416 g/mol. The third-order valence-electron chi connectivity index (χ3n) is 5.69. The van der Waals surface area contributed by atoms with Gasteiger partial charge in [0.1, 0.15) is 17.9 Å². The number of carbonyl (C=O) groups is 1. The lowest BCUT2D eigenvalue weighted by Gasteiger charge is -2.33. The van der Waals surface area contributed by atoms with Gasteiger partial charge in [-0.2, -0.15) is 0 Å². The van der Waals surface area contributed by atoms with E-state index >= 15 is 0 Å². The molecule has 0 spiro atoms. The van der Waals surface area contributed by atoms with E-state index in [-0.39, 0.29) is 11.8 Å². The van der Waals surface area contributed by atoms with E-state index in [0.29, 0.717) is 13.1 Å². The molecule has 31 heavy (non-hydrogen) atoms. The van der Waals surface area contributed by atoms with Crippen molar-refractivity contribution in [1.29, 1.82) is 0 Å². The van der Waals surface area contributed by atoms with Crippen LogP contribution in [0.5, 0.6) is 5.75 Å². The number of benzene rings is 2. The number of anilines is 1. The van der Waals surface area contributed by atoms with Gasteiger partial charge in [-0.3, -0.25) is 4.79 Å². The van der Waals surface area contributed by atoms with Gasteiger partial charge in [-0.25, -0.2) is 9.97 Å². The molecule has 6 nitrogen and oxygen atoms in total. The number of methoxy groups -OCH3 is 1. The van der Waals surface area contributed by atoms with Crippen LogP contribution in [0.2, 0.25) is 0 Å². The highest BCUT2D eigenvalue weighted by Gasteiger charge is 2.26. The summed E-state index contributed by atoms with van der Waals surface area (Å²) in [4.78, 5) is 23.9. The van der Waals surface area contributed by atoms with Crippen LogP contribution in [0.3, 0.4) is 0 Å². The molecule has 1 aromatic heterocycles. The first-order chi connectivity index (χ1) is 15.2. The third kappa shape index (κ3) is 5.40. The number of hydrogen-bond donors (Lipinski definition) is 1. The Kier molecular flexibility index (Phi) is 6.77. The van der Waals surface area contributed by atoms with E-state index in [1.807, 2.05) is 54.6 Å². The molecule has 1 aliphatic rings. The lowest BCUT2D eigenvalue weighted by molar-refractivity contribution is -0.125. The Morgan fingerprint density at radius 2 is 2.00 bits per heavy atom. The topological polar surface area (TPSA) is 67.3 Å². The van der Waals surface area contributed by atoms with E-state index in [9.17, 15) is 4.79 Å². The Balaban J connectivity index is 1.34. The molecule has 0 aliphatic carbocycles. The van der Waals surface area contributed by atoms with E-state index < -0.39 is 0 Å². The smallest absolute Gasteiger partial charge is 0.224 e. The zero-order valence-corrected chi connectivity index (χ0v) is 17.8. The van der Waals surface area contributed by atoms with Crippen LogP contribution >= 0.6 is 0 Å². The lowest BCUT2D eigenvalue weighted by atomic mass is 9.97. The van der Waals surface area contributed by atoms with Crippen LogP contribution in [0.25, 0.3) is 11.3 Å². The molecule has 2 aromatic carbocycles. The molecule has 6 heteroatoms. The molecule has 3 aromatic rings. The quantitative estimate of drug-likeness (QED) is 0.636. The van der Waals surface area contributed by atoms with Crippen molar-refractivity contribution in [3.63, 3.8) is 0 Å². The van der Waals surface area contributed by atoms with Gasteiger partial charge in [0.05, 0.1) is 18.7 Å². The first-order valence-electron chi connectivity index (χ1n) is 10.8. The molecule has 0 bridgehead atoms. The molecule has 1 amide bonds. The van der Waals surface area contributed by atoms with Crippen molar-refractivity contribution < 1.29 is 9.53 Å². The highest BCUT2D eigenvalue weighted by Crippen LogP contribution is 2.25. The zero-order valence-electron chi connectivity index (χ0n) is 17.8. The summed E-state index contributed by atoms with van der Waals surface area (Å²) in [6, 6.07) is 20.1. The summed E-state index contributed by atoms with van der Waals surface area (Å²) < 4.78 is 5.26. The fourth-order valence-corrected chi connectivity index (χ4v) is 3.99. The van der Waals surface area contributed by atoms with Crippen molar-refractivity contribution in [3.05, 3.63) is 72.6 Å². The summed E-state index contributed by atoms with van der Waals surface area (Å²) in [5, 5.41) is 3.11. The molecule has 1 aliphatic heterocycles. The average molecular weight is 417 g/mol. The van der Waals surface area contributed by atoms with Crippen molar-refractivity contribution in [2.24, 2.45) is 5.92 Å². The number of amides is 1. The molecule has 1 N–H and O–H groups in total. The number of aromatic nitrogens is 2. The molecule has 1 saturated heterocycles. The normalized spacial score (nSPS) is 16.0. The van der Waals surface area contributed by atoms with E-state index in [1.165, 1.54) is 0 Å². The van der Waals surface area contributed by atoms with Gasteiger partial charge in [-0.15, -0.1) is 0 Å². The van der Waals surface area contributed by atoms with E-state index in [0.717, 1.165) is 54.2 Å². The van der Waals surface area contributed by atoms with Crippen LogP contribution in [0.1, 0.15) is 18.4 Å². The first kappa shape index (κ1) is 20.8. The SMILES string of the molecule is COc1cccc(CCNC(=O)C2CCCN(c3cc(-c4ccccc4)ncn3)C2)c1. The summed E-state index contributed by atoms with van der Waals surface area (Å²) in [7, 11) is 1.66. The van der Waals surface area contributed by atoms with Gasteiger partial charge in [0.25, 0.3) is 0 Å². The molecule has 0 saturated carbocycles. The minimum absolute atomic E-state index is 0.0331. The van der Waals surface area contributed by atoms with Crippen molar-refractivity contribution in [2.45, 2.75) is 19.3 Å². The summed E-state index contributed by atoms with van der Waals surface area (Å²) in [6.07, 6.45) is 4.26. The van der Waals surface area contributed by atoms with Crippen molar-refractivity contribution in [1.82, 2.24) is 15.3 Å². The molecule has 0 radical (unpaired) electrons. The molecular weight excluding hydrogens is 388 g/mol. The van der Waals surface area contributed by atoms with Crippen molar-refractivity contribution in [3.8, 4) is 17.0 Å². The van der Waals surface area contributed by atoms with Crippen LogP contribution in [0.15, 0.2) is 67.0 Å². The largest absolute Gasteiger partial charge is 0.497 e. The predicted molar refractivity (Wildman–Crippen MR) is 122 cm³/mol. The second kappa shape index (κ2) is 10.1. The minimum atomic E-state index is -0.0331. The van der Waals surface area contributed by atoms with Crippen LogP contribution in [0.4, 0.5) is 5.82 Å². The molecule has 1 atom stereocenters. The maximum absolute atomic E-state index is 12.8. The average Bonchev–Trinajstić information content (AvgIpc) is 2.85. The fourth-order valence-electron chi connectivity index (χ4n) is 3.99. The summed E-state index contributed by atoms with van der Waals surface area (Å²) in [5.74, 6) is 1.80. The van der Waals surface area contributed by atoms with Crippen molar-refractivity contribution >= 4 is 11.7 Å². The van der Waals surface area contributed by atoms with Gasteiger partial charge in [-0.05, 0) is 37.0 Å². The van der Waals surface area contributed by atoms with Crippen LogP contribution < -0.4 is 15.0 Å². The van der Waals surface area contributed by atoms with E-state index in [1.54, 1.807) is 13.4 Å². The van der Waals surface area contributed by atoms with E-state index in [4.69, 9.17) is 4.74 Å². The number of rotatable bonds is 7. The Morgan fingerprint density at radius 3 is 2.84 bits per heavy atom. The highest BCUT2D eigenvalue weighted by atomic mass is 16.5. The van der Waals surface area contributed by atoms with Gasteiger partial charge in [0.2, 0.25) is 5.91 Å². The molecule has 1 unspecified atom stereocenters.